The molecular weight excluding hydrogens is 527 g/mol. The maximum absolute atomic E-state index is 12.8. The molecular formula is C18H31IN4O2S3. The summed E-state index contributed by atoms with van der Waals surface area (Å²) < 4.78 is 27.9. The van der Waals surface area contributed by atoms with Gasteiger partial charge in [0.05, 0.1) is 6.54 Å². The molecule has 0 amide bonds. The molecule has 2 aliphatic heterocycles. The van der Waals surface area contributed by atoms with Crippen molar-refractivity contribution in [2.24, 2.45) is 4.99 Å². The third kappa shape index (κ3) is 6.23. The Labute approximate surface area is 194 Å². The molecule has 6 nitrogen and oxygen atoms in total. The number of nitrogens with zero attached hydrogens (tertiary/aromatic N) is 2. The Bertz CT molecular complexity index is 755. The van der Waals surface area contributed by atoms with E-state index in [2.05, 4.69) is 22.5 Å². The van der Waals surface area contributed by atoms with E-state index in [1.807, 2.05) is 17.8 Å². The molecule has 3 rings (SSSR count). The summed E-state index contributed by atoms with van der Waals surface area (Å²) in [6.07, 6.45) is 5.54. The number of thiophene rings is 1. The molecule has 0 bridgehead atoms. The predicted molar refractivity (Wildman–Crippen MR) is 131 cm³/mol. The number of aliphatic imine (C=N–C) groups is 1. The van der Waals surface area contributed by atoms with Crippen LogP contribution in [0.5, 0.6) is 0 Å². The second kappa shape index (κ2) is 10.8. The van der Waals surface area contributed by atoms with Gasteiger partial charge in [-0.15, -0.1) is 35.3 Å². The molecule has 1 aromatic heterocycles. The maximum Gasteiger partial charge on any atom is 0.252 e. The second-order valence-corrected chi connectivity index (χ2v) is 12.4. The molecule has 10 heteroatoms. The van der Waals surface area contributed by atoms with E-state index in [0.717, 1.165) is 36.6 Å². The molecule has 160 valence electrons. The summed E-state index contributed by atoms with van der Waals surface area (Å²) in [7, 11) is -1.58. The SMILES string of the molecule is CN=C(NCc1ccc(S(=O)(=O)N2CCCCC2)s1)NCC1(C)CCCS1.I. The highest BCUT2D eigenvalue weighted by molar-refractivity contribution is 14.0. The van der Waals surface area contributed by atoms with Gasteiger partial charge >= 0.3 is 0 Å². The zero-order chi connectivity index (χ0) is 19.3. The minimum atomic E-state index is -3.34. The zero-order valence-corrected chi connectivity index (χ0v) is 21.3. The van der Waals surface area contributed by atoms with Crippen LogP contribution in [-0.2, 0) is 16.6 Å². The van der Waals surface area contributed by atoms with Crippen LogP contribution in [0, 0.1) is 0 Å². The summed E-state index contributed by atoms with van der Waals surface area (Å²) >= 11 is 3.37. The van der Waals surface area contributed by atoms with E-state index >= 15 is 0 Å². The number of hydrogen-bond donors (Lipinski definition) is 2. The van der Waals surface area contributed by atoms with E-state index in [-0.39, 0.29) is 28.7 Å². The fourth-order valence-electron chi connectivity index (χ4n) is 3.46. The Morgan fingerprint density at radius 2 is 1.96 bits per heavy atom. The van der Waals surface area contributed by atoms with Gasteiger partial charge in [0.25, 0.3) is 10.0 Å². The highest BCUT2D eigenvalue weighted by atomic mass is 127. The molecule has 1 atom stereocenters. The Morgan fingerprint density at radius 1 is 1.21 bits per heavy atom. The van der Waals surface area contributed by atoms with Gasteiger partial charge in [0.15, 0.2) is 5.96 Å². The van der Waals surface area contributed by atoms with Crippen LogP contribution in [0.3, 0.4) is 0 Å². The van der Waals surface area contributed by atoms with E-state index in [1.165, 1.54) is 29.9 Å². The van der Waals surface area contributed by atoms with Crippen molar-refractivity contribution in [3.63, 3.8) is 0 Å². The third-order valence-corrected chi connectivity index (χ3v) is 10.1. The Morgan fingerprint density at radius 3 is 2.61 bits per heavy atom. The summed E-state index contributed by atoms with van der Waals surface area (Å²) in [6, 6.07) is 3.63. The smallest absolute Gasteiger partial charge is 0.252 e. The largest absolute Gasteiger partial charge is 0.355 e. The van der Waals surface area contributed by atoms with Crippen LogP contribution in [-0.4, -0.2) is 55.9 Å². The lowest BCUT2D eigenvalue weighted by atomic mass is 10.1. The fourth-order valence-corrected chi connectivity index (χ4v) is 7.67. The highest BCUT2D eigenvalue weighted by Crippen LogP contribution is 2.36. The lowest BCUT2D eigenvalue weighted by molar-refractivity contribution is 0.347. The number of guanidine groups is 1. The average Bonchev–Trinajstić information content (AvgIpc) is 3.33. The molecule has 2 N–H and O–H groups in total. The van der Waals surface area contributed by atoms with Crippen LogP contribution in [0.4, 0.5) is 0 Å². The normalized spacial score (nSPS) is 24.0. The fraction of sp³-hybridized carbons (Fsp3) is 0.722. The van der Waals surface area contributed by atoms with Crippen LogP contribution in [0.25, 0.3) is 0 Å². The van der Waals surface area contributed by atoms with Gasteiger partial charge in [0, 0.05) is 36.3 Å². The van der Waals surface area contributed by atoms with Gasteiger partial charge < -0.3 is 10.6 Å². The first-order chi connectivity index (χ1) is 12.9. The Hall–Kier alpha value is -0.0400. The van der Waals surface area contributed by atoms with Crippen LogP contribution in [0.2, 0.25) is 0 Å². The minimum Gasteiger partial charge on any atom is -0.355 e. The molecule has 0 radical (unpaired) electrons. The zero-order valence-electron chi connectivity index (χ0n) is 16.6. The Kier molecular flexibility index (Phi) is 9.37. The molecule has 0 spiro atoms. The molecule has 0 saturated carbocycles. The number of sulfonamides is 1. The summed E-state index contributed by atoms with van der Waals surface area (Å²) in [6.45, 7) is 5.03. The number of nitrogens with one attached hydrogen (secondary N) is 2. The van der Waals surface area contributed by atoms with Crippen LogP contribution >= 0.6 is 47.1 Å². The number of rotatable bonds is 6. The van der Waals surface area contributed by atoms with Crippen molar-refractivity contribution >= 4 is 63.1 Å². The van der Waals surface area contributed by atoms with Gasteiger partial charge in [-0.1, -0.05) is 6.42 Å². The summed E-state index contributed by atoms with van der Waals surface area (Å²) in [5.74, 6) is 1.99. The number of thioether (sulfide) groups is 1. The molecule has 1 aromatic rings. The molecule has 2 aliphatic rings. The Balaban J connectivity index is 0.00000280. The van der Waals surface area contributed by atoms with Crippen molar-refractivity contribution < 1.29 is 8.42 Å². The first-order valence-corrected chi connectivity index (χ1v) is 12.8. The third-order valence-electron chi connectivity index (χ3n) is 5.13. The van der Waals surface area contributed by atoms with E-state index < -0.39 is 10.0 Å². The quantitative estimate of drug-likeness (QED) is 0.318. The van der Waals surface area contributed by atoms with Crippen molar-refractivity contribution in [1.82, 2.24) is 14.9 Å². The van der Waals surface area contributed by atoms with Crippen molar-refractivity contribution in [3.05, 3.63) is 17.0 Å². The van der Waals surface area contributed by atoms with Gasteiger partial charge in [-0.05, 0) is 50.5 Å². The lowest BCUT2D eigenvalue weighted by Gasteiger charge is -2.25. The van der Waals surface area contributed by atoms with Crippen molar-refractivity contribution in [2.45, 2.75) is 54.5 Å². The lowest BCUT2D eigenvalue weighted by Crippen LogP contribution is -2.43. The van der Waals surface area contributed by atoms with Crippen LogP contribution < -0.4 is 10.6 Å². The van der Waals surface area contributed by atoms with Crippen LogP contribution in [0.15, 0.2) is 21.3 Å². The van der Waals surface area contributed by atoms with E-state index in [0.29, 0.717) is 23.8 Å². The first-order valence-electron chi connectivity index (χ1n) is 9.60. The van der Waals surface area contributed by atoms with E-state index in [4.69, 9.17) is 0 Å². The second-order valence-electron chi connectivity index (χ2n) is 7.37. The van der Waals surface area contributed by atoms with Gasteiger partial charge in [-0.3, -0.25) is 4.99 Å². The van der Waals surface area contributed by atoms with E-state index in [9.17, 15) is 8.42 Å². The summed E-state index contributed by atoms with van der Waals surface area (Å²) in [5, 5.41) is 6.71. The molecule has 28 heavy (non-hydrogen) atoms. The van der Waals surface area contributed by atoms with E-state index in [1.54, 1.807) is 17.4 Å². The van der Waals surface area contributed by atoms with Crippen molar-refractivity contribution in [3.8, 4) is 0 Å². The molecule has 2 fully saturated rings. The molecule has 3 heterocycles. The molecule has 0 aliphatic carbocycles. The van der Waals surface area contributed by atoms with Gasteiger partial charge in [0.1, 0.15) is 4.21 Å². The van der Waals surface area contributed by atoms with Gasteiger partial charge in [-0.25, -0.2) is 8.42 Å². The maximum atomic E-state index is 12.8. The first kappa shape index (κ1) is 24.2. The average molecular weight is 559 g/mol. The molecule has 0 aromatic carbocycles. The predicted octanol–water partition coefficient (Wildman–Crippen LogP) is 3.49. The number of halogens is 1. The van der Waals surface area contributed by atoms with Crippen LogP contribution in [0.1, 0.15) is 43.9 Å². The summed E-state index contributed by atoms with van der Waals surface area (Å²) in [5.41, 5.74) is 0. The van der Waals surface area contributed by atoms with Crippen molar-refractivity contribution in [2.75, 3.05) is 32.4 Å². The molecule has 1 unspecified atom stereocenters. The minimum absolute atomic E-state index is 0. The number of hydrogen-bond acceptors (Lipinski definition) is 5. The van der Waals surface area contributed by atoms with Crippen molar-refractivity contribution in [1.29, 1.82) is 0 Å². The molecule has 2 saturated heterocycles. The van der Waals surface area contributed by atoms with Gasteiger partial charge in [0.2, 0.25) is 0 Å². The topological polar surface area (TPSA) is 73.8 Å². The monoisotopic (exact) mass is 558 g/mol. The number of piperidine rings is 1. The standard InChI is InChI=1S/C18H30N4O2S3.HI/c1-18(9-6-12-25-18)14-21-17(19-2)20-13-15-7-8-16(26-15)27(23,24)22-10-4-3-5-11-22;/h7-8H,3-6,9-14H2,1-2H3,(H2,19,20,21);1H. The van der Waals surface area contributed by atoms with Gasteiger partial charge in [-0.2, -0.15) is 16.1 Å². The summed E-state index contributed by atoms with van der Waals surface area (Å²) in [4.78, 5) is 5.28. The highest BCUT2D eigenvalue weighted by Gasteiger charge is 2.29.